The molecule has 0 radical (unpaired) electrons. The molecule has 2 unspecified atom stereocenters. The summed E-state index contributed by atoms with van der Waals surface area (Å²) in [6.07, 6.45) is 4.58. The molecule has 0 bridgehead atoms. The molecule has 2 N–H and O–H groups in total. The average Bonchev–Trinajstić information content (AvgIpc) is 3.62. The molecule has 4 heterocycles. The molecule has 3 aromatic heterocycles. The van der Waals surface area contributed by atoms with Crippen LogP contribution < -0.4 is 10.6 Å². The Labute approximate surface area is 241 Å². The highest BCUT2D eigenvalue weighted by molar-refractivity contribution is 7.11. The topological polar surface area (TPSA) is 103 Å². The number of hydrogen-bond acceptors (Lipinski definition) is 7. The number of hydrogen-bond donors (Lipinski definition) is 1. The Morgan fingerprint density at radius 2 is 1.93 bits per heavy atom. The third-order valence-corrected chi connectivity index (χ3v) is 9.47. The molecular weight excluding hydrogens is 539 g/mol. The third-order valence-electron chi connectivity index (χ3n) is 8.43. The van der Waals surface area contributed by atoms with Crippen molar-refractivity contribution >= 4 is 39.7 Å². The number of amides is 1. The van der Waals surface area contributed by atoms with Crippen LogP contribution in [-0.2, 0) is 17.6 Å². The number of thiazole rings is 1. The van der Waals surface area contributed by atoms with Gasteiger partial charge in [-0.3, -0.25) is 4.79 Å². The Bertz CT molecular complexity index is 1800. The SMILES string of the molecule is Cc1nc2c(s1)CC(n1c(C3CCCC(=O)N3c3ccc(N)c(F)c3)nc3cc(-c4c(C)noc4C)ccc31)CC2. The number of rotatable bonds is 4. The van der Waals surface area contributed by atoms with Crippen LogP contribution >= 0.6 is 11.3 Å². The van der Waals surface area contributed by atoms with E-state index in [9.17, 15) is 9.18 Å². The van der Waals surface area contributed by atoms with Crippen LogP contribution in [0.1, 0.15) is 70.6 Å². The molecule has 0 spiro atoms. The summed E-state index contributed by atoms with van der Waals surface area (Å²) in [6.45, 7) is 5.91. The molecule has 5 aromatic rings. The number of aryl methyl sites for hydroxylation is 4. The van der Waals surface area contributed by atoms with Crippen molar-refractivity contribution in [3.05, 3.63) is 75.1 Å². The van der Waals surface area contributed by atoms with Crippen LogP contribution in [0.2, 0.25) is 0 Å². The van der Waals surface area contributed by atoms with Gasteiger partial charge < -0.3 is 19.7 Å². The van der Waals surface area contributed by atoms with Gasteiger partial charge >= 0.3 is 0 Å². The fourth-order valence-corrected chi connectivity index (χ4v) is 7.65. The third kappa shape index (κ3) is 4.32. The number of fused-ring (bicyclic) bond motifs is 2. The summed E-state index contributed by atoms with van der Waals surface area (Å²) in [7, 11) is 0. The van der Waals surface area contributed by atoms with E-state index in [0.717, 1.165) is 76.6 Å². The summed E-state index contributed by atoms with van der Waals surface area (Å²) in [5.74, 6) is 1.02. The largest absolute Gasteiger partial charge is 0.396 e. The molecule has 210 valence electrons. The van der Waals surface area contributed by atoms with E-state index in [0.29, 0.717) is 12.1 Å². The second kappa shape index (κ2) is 9.80. The molecule has 2 aliphatic rings. The molecule has 41 heavy (non-hydrogen) atoms. The lowest BCUT2D eigenvalue weighted by molar-refractivity contribution is -0.120. The van der Waals surface area contributed by atoms with Crippen LogP contribution in [-0.4, -0.2) is 25.6 Å². The number of benzene rings is 2. The lowest BCUT2D eigenvalue weighted by Crippen LogP contribution is -2.40. The highest BCUT2D eigenvalue weighted by Gasteiger charge is 2.37. The Kier molecular flexibility index (Phi) is 6.19. The van der Waals surface area contributed by atoms with E-state index >= 15 is 0 Å². The summed E-state index contributed by atoms with van der Waals surface area (Å²) in [5.41, 5.74) is 12.2. The van der Waals surface area contributed by atoms with Crippen LogP contribution in [0.15, 0.2) is 40.9 Å². The summed E-state index contributed by atoms with van der Waals surface area (Å²) < 4.78 is 22.4. The molecule has 2 atom stereocenters. The minimum Gasteiger partial charge on any atom is -0.396 e. The predicted octanol–water partition coefficient (Wildman–Crippen LogP) is 6.78. The zero-order valence-corrected chi connectivity index (χ0v) is 24.1. The van der Waals surface area contributed by atoms with E-state index in [4.69, 9.17) is 20.2 Å². The number of carbonyl (C=O) groups excluding carboxylic acids is 1. The van der Waals surface area contributed by atoms with E-state index in [-0.39, 0.29) is 23.7 Å². The van der Waals surface area contributed by atoms with E-state index in [1.165, 1.54) is 22.7 Å². The number of anilines is 2. The number of nitrogens with two attached hydrogens (primary N) is 1. The Morgan fingerprint density at radius 1 is 1.07 bits per heavy atom. The second-order valence-electron chi connectivity index (χ2n) is 11.1. The first-order valence-electron chi connectivity index (χ1n) is 14.1. The lowest BCUT2D eigenvalue weighted by Gasteiger charge is -2.37. The van der Waals surface area contributed by atoms with Gasteiger partial charge in [-0.05, 0) is 82.3 Å². The van der Waals surface area contributed by atoms with Crippen molar-refractivity contribution in [1.29, 1.82) is 0 Å². The number of carbonyl (C=O) groups is 1. The highest BCUT2D eigenvalue weighted by atomic mass is 32.1. The maximum atomic E-state index is 14.6. The van der Waals surface area contributed by atoms with Gasteiger partial charge in [0.2, 0.25) is 5.91 Å². The van der Waals surface area contributed by atoms with E-state index < -0.39 is 5.82 Å². The maximum absolute atomic E-state index is 14.6. The van der Waals surface area contributed by atoms with Gasteiger partial charge in [0.1, 0.15) is 17.4 Å². The van der Waals surface area contributed by atoms with Gasteiger partial charge in [0.15, 0.2) is 0 Å². The van der Waals surface area contributed by atoms with Crippen molar-refractivity contribution in [3.63, 3.8) is 0 Å². The lowest BCUT2D eigenvalue weighted by atomic mass is 9.95. The molecule has 1 aliphatic heterocycles. The van der Waals surface area contributed by atoms with Crippen LogP contribution in [0.3, 0.4) is 0 Å². The van der Waals surface area contributed by atoms with E-state index in [1.54, 1.807) is 22.3 Å². The Balaban J connectivity index is 1.40. The molecule has 1 amide bonds. The summed E-state index contributed by atoms with van der Waals surface area (Å²) in [4.78, 5) is 26.5. The smallest absolute Gasteiger partial charge is 0.227 e. The van der Waals surface area contributed by atoms with Gasteiger partial charge in [0, 0.05) is 35.0 Å². The number of piperidine rings is 1. The number of aromatic nitrogens is 4. The van der Waals surface area contributed by atoms with Crippen molar-refractivity contribution in [2.45, 2.75) is 71.4 Å². The first-order valence-corrected chi connectivity index (χ1v) is 14.9. The first kappa shape index (κ1) is 25.9. The molecular formula is C31H31FN6O2S. The highest BCUT2D eigenvalue weighted by Crippen LogP contribution is 2.42. The van der Waals surface area contributed by atoms with Gasteiger partial charge in [0.25, 0.3) is 0 Å². The molecule has 8 nitrogen and oxygen atoms in total. The number of nitrogen functional groups attached to an aromatic ring is 1. The Hall–Kier alpha value is -4.05. The maximum Gasteiger partial charge on any atom is 0.227 e. The minimum atomic E-state index is -0.530. The first-order chi connectivity index (χ1) is 19.8. The van der Waals surface area contributed by atoms with Crippen molar-refractivity contribution < 1.29 is 13.7 Å². The van der Waals surface area contributed by atoms with Crippen LogP contribution in [0.25, 0.3) is 22.2 Å². The summed E-state index contributed by atoms with van der Waals surface area (Å²) >= 11 is 1.76. The normalized spacial score (nSPS) is 19.2. The van der Waals surface area contributed by atoms with Crippen molar-refractivity contribution in [1.82, 2.24) is 19.7 Å². The van der Waals surface area contributed by atoms with Crippen molar-refractivity contribution in [2.75, 3.05) is 10.6 Å². The van der Waals surface area contributed by atoms with Crippen molar-refractivity contribution in [2.24, 2.45) is 0 Å². The molecule has 1 fully saturated rings. The van der Waals surface area contributed by atoms with Gasteiger partial charge in [0.05, 0.1) is 39.2 Å². The van der Waals surface area contributed by atoms with Gasteiger partial charge in [-0.25, -0.2) is 14.4 Å². The quantitative estimate of drug-likeness (QED) is 0.239. The number of nitrogens with zero attached hydrogens (tertiary/aromatic N) is 5. The molecule has 0 saturated carbocycles. The van der Waals surface area contributed by atoms with Gasteiger partial charge in [-0.2, -0.15) is 0 Å². The average molecular weight is 571 g/mol. The van der Waals surface area contributed by atoms with Crippen LogP contribution in [0.4, 0.5) is 15.8 Å². The Morgan fingerprint density at radius 3 is 2.71 bits per heavy atom. The van der Waals surface area contributed by atoms with Crippen LogP contribution in [0, 0.1) is 26.6 Å². The minimum absolute atomic E-state index is 0.0375. The molecule has 1 saturated heterocycles. The number of imidazole rings is 1. The van der Waals surface area contributed by atoms with E-state index in [2.05, 4.69) is 34.8 Å². The zero-order chi connectivity index (χ0) is 28.4. The van der Waals surface area contributed by atoms with Gasteiger partial charge in [-0.15, -0.1) is 11.3 Å². The van der Waals surface area contributed by atoms with E-state index in [1.807, 2.05) is 13.8 Å². The molecule has 7 rings (SSSR count). The fraction of sp³-hybridized carbons (Fsp3) is 0.355. The number of halogens is 1. The monoisotopic (exact) mass is 570 g/mol. The molecule has 1 aliphatic carbocycles. The second-order valence-corrected chi connectivity index (χ2v) is 12.4. The van der Waals surface area contributed by atoms with Crippen molar-refractivity contribution in [3.8, 4) is 11.1 Å². The standard InChI is InChI=1S/C31H31FN6O2S/c1-16-30(17(2)40-36-16)19-7-12-26-25(13-19)35-31(38(26)21-9-11-24-28(15-21)41-18(3)34-24)27-5-4-6-29(39)37(27)20-8-10-23(33)22(32)14-20/h7-8,10,12-14,21,27H,4-6,9,11,15,33H2,1-3H3. The molecule has 10 heteroatoms. The molecule has 2 aromatic carbocycles. The zero-order valence-electron chi connectivity index (χ0n) is 23.3. The fourth-order valence-electron chi connectivity index (χ4n) is 6.60. The summed E-state index contributed by atoms with van der Waals surface area (Å²) in [6, 6.07) is 10.8. The predicted molar refractivity (Wildman–Crippen MR) is 158 cm³/mol. The van der Waals surface area contributed by atoms with Gasteiger partial charge in [-0.1, -0.05) is 11.2 Å². The summed E-state index contributed by atoms with van der Waals surface area (Å²) in [5, 5.41) is 5.23. The van der Waals surface area contributed by atoms with Crippen LogP contribution in [0.5, 0.6) is 0 Å².